The number of anilines is 2. The van der Waals surface area contributed by atoms with Gasteiger partial charge in [0.25, 0.3) is 17.7 Å². The average Bonchev–Trinajstić information content (AvgIpc) is 3.04. The fourth-order valence-corrected chi connectivity index (χ4v) is 3.50. The van der Waals surface area contributed by atoms with Gasteiger partial charge in [-0.15, -0.1) is 0 Å². The number of imide groups is 1. The summed E-state index contributed by atoms with van der Waals surface area (Å²) in [7, 11) is 0. The van der Waals surface area contributed by atoms with Crippen LogP contribution < -0.4 is 10.2 Å². The third-order valence-electron chi connectivity index (χ3n) is 4.60. The molecule has 8 heteroatoms. The fourth-order valence-electron chi connectivity index (χ4n) is 3.14. The van der Waals surface area contributed by atoms with Crippen molar-refractivity contribution in [2.24, 2.45) is 0 Å². The lowest BCUT2D eigenvalue weighted by atomic mass is 10.1. The summed E-state index contributed by atoms with van der Waals surface area (Å²) in [4.78, 5) is 50.7. The topological polar surface area (TPSA) is 92.8 Å². The summed E-state index contributed by atoms with van der Waals surface area (Å²) in [6.07, 6.45) is 0. The number of amides is 3. The molecule has 0 saturated carbocycles. The molecule has 1 aliphatic rings. The van der Waals surface area contributed by atoms with Gasteiger partial charge in [0.05, 0.1) is 22.4 Å². The first kappa shape index (κ1) is 20.7. The summed E-state index contributed by atoms with van der Waals surface area (Å²) in [6.45, 7) is -0.470. The maximum absolute atomic E-state index is 12.6. The molecule has 3 amide bonds. The molecule has 4 rings (SSSR count). The maximum Gasteiger partial charge on any atom is 0.338 e. The Morgan fingerprint density at radius 3 is 2.16 bits per heavy atom. The van der Waals surface area contributed by atoms with Crippen molar-refractivity contribution in [2.75, 3.05) is 16.8 Å². The van der Waals surface area contributed by atoms with Crippen LogP contribution in [-0.4, -0.2) is 30.3 Å². The van der Waals surface area contributed by atoms with Crippen LogP contribution in [0, 0.1) is 3.57 Å². The SMILES string of the molecule is O=C(COC(=O)c1cccc(N2C(=O)c3ccccc3C2=O)c1)Nc1ccc(I)cc1. The molecule has 0 bridgehead atoms. The number of carbonyl (C=O) groups excluding carboxylic acids is 4. The van der Waals surface area contributed by atoms with Gasteiger partial charge in [0.2, 0.25) is 0 Å². The smallest absolute Gasteiger partial charge is 0.338 e. The van der Waals surface area contributed by atoms with Crippen molar-refractivity contribution >= 4 is 57.7 Å². The number of hydrogen-bond donors (Lipinski definition) is 1. The number of carbonyl (C=O) groups is 4. The largest absolute Gasteiger partial charge is 0.452 e. The zero-order valence-corrected chi connectivity index (χ0v) is 18.2. The number of rotatable bonds is 5. The first-order valence-corrected chi connectivity index (χ1v) is 10.3. The second-order valence-corrected chi connectivity index (χ2v) is 7.92. The minimum atomic E-state index is -0.740. The summed E-state index contributed by atoms with van der Waals surface area (Å²) >= 11 is 2.15. The van der Waals surface area contributed by atoms with Crippen molar-refractivity contribution in [2.45, 2.75) is 0 Å². The summed E-state index contributed by atoms with van der Waals surface area (Å²) in [5.41, 5.74) is 1.59. The Morgan fingerprint density at radius 2 is 1.52 bits per heavy atom. The van der Waals surface area contributed by atoms with Gasteiger partial charge in [-0.2, -0.15) is 0 Å². The maximum atomic E-state index is 12.6. The van der Waals surface area contributed by atoms with E-state index in [1.54, 1.807) is 48.5 Å². The molecule has 0 spiro atoms. The lowest BCUT2D eigenvalue weighted by Gasteiger charge is -2.14. The van der Waals surface area contributed by atoms with Gasteiger partial charge in [0.15, 0.2) is 6.61 Å². The van der Waals surface area contributed by atoms with Gasteiger partial charge in [-0.3, -0.25) is 14.4 Å². The molecule has 0 atom stereocenters. The Hall–Kier alpha value is -3.53. The molecule has 1 heterocycles. The Labute approximate surface area is 191 Å². The summed E-state index contributed by atoms with van der Waals surface area (Å²) in [5.74, 6) is -2.13. The highest BCUT2D eigenvalue weighted by molar-refractivity contribution is 14.1. The lowest BCUT2D eigenvalue weighted by molar-refractivity contribution is -0.119. The van der Waals surface area contributed by atoms with Crippen molar-refractivity contribution in [1.82, 2.24) is 0 Å². The van der Waals surface area contributed by atoms with Gasteiger partial charge in [-0.1, -0.05) is 18.2 Å². The molecule has 1 aliphatic heterocycles. The van der Waals surface area contributed by atoms with Gasteiger partial charge >= 0.3 is 5.97 Å². The van der Waals surface area contributed by atoms with Crippen molar-refractivity contribution in [3.8, 4) is 0 Å². The van der Waals surface area contributed by atoms with E-state index < -0.39 is 30.3 Å². The van der Waals surface area contributed by atoms with Gasteiger partial charge in [0, 0.05) is 9.26 Å². The highest BCUT2D eigenvalue weighted by Crippen LogP contribution is 2.28. The molecule has 0 unspecified atom stereocenters. The normalized spacial score (nSPS) is 12.5. The second kappa shape index (κ2) is 8.68. The van der Waals surface area contributed by atoms with Gasteiger partial charge in [-0.05, 0) is 77.2 Å². The molecule has 154 valence electrons. The second-order valence-electron chi connectivity index (χ2n) is 6.67. The van der Waals surface area contributed by atoms with Crippen LogP contribution in [0.1, 0.15) is 31.1 Å². The minimum absolute atomic E-state index is 0.121. The number of nitrogens with zero attached hydrogens (tertiary/aromatic N) is 1. The van der Waals surface area contributed by atoms with E-state index >= 15 is 0 Å². The lowest BCUT2D eigenvalue weighted by Crippen LogP contribution is -2.29. The number of esters is 1. The summed E-state index contributed by atoms with van der Waals surface area (Å²) < 4.78 is 6.11. The zero-order valence-electron chi connectivity index (χ0n) is 16.0. The molecule has 0 saturated heterocycles. The van der Waals surface area contributed by atoms with E-state index in [-0.39, 0.29) is 11.3 Å². The quantitative estimate of drug-likeness (QED) is 0.310. The van der Waals surface area contributed by atoms with E-state index in [1.807, 2.05) is 12.1 Å². The number of fused-ring (bicyclic) bond motifs is 1. The molecular formula is C23H15IN2O5. The molecule has 7 nitrogen and oxygen atoms in total. The first-order chi connectivity index (χ1) is 14.9. The highest BCUT2D eigenvalue weighted by atomic mass is 127. The molecule has 0 radical (unpaired) electrons. The van der Waals surface area contributed by atoms with Gasteiger partial charge in [-0.25, -0.2) is 9.69 Å². The third-order valence-corrected chi connectivity index (χ3v) is 5.32. The zero-order chi connectivity index (χ0) is 22.0. The molecular weight excluding hydrogens is 511 g/mol. The van der Waals surface area contributed by atoms with Crippen LogP contribution in [0.5, 0.6) is 0 Å². The number of ether oxygens (including phenoxy) is 1. The van der Waals surface area contributed by atoms with Crippen molar-refractivity contribution < 1.29 is 23.9 Å². The summed E-state index contributed by atoms with van der Waals surface area (Å²) in [6, 6.07) is 19.7. The first-order valence-electron chi connectivity index (χ1n) is 9.24. The molecule has 3 aromatic rings. The number of nitrogens with one attached hydrogen (secondary N) is 1. The Morgan fingerprint density at radius 1 is 0.871 bits per heavy atom. The fraction of sp³-hybridized carbons (Fsp3) is 0.0435. The van der Waals surface area contributed by atoms with Gasteiger partial charge < -0.3 is 10.1 Å². The van der Waals surface area contributed by atoms with Crippen molar-refractivity contribution in [3.05, 3.63) is 93.1 Å². The van der Waals surface area contributed by atoms with E-state index in [0.717, 1.165) is 8.47 Å². The Balaban J connectivity index is 1.43. The predicted octanol–water partition coefficient (Wildman–Crippen LogP) is 3.89. The number of hydrogen-bond acceptors (Lipinski definition) is 5. The van der Waals surface area contributed by atoms with Crippen LogP contribution in [0.4, 0.5) is 11.4 Å². The van der Waals surface area contributed by atoms with E-state index in [1.165, 1.54) is 12.1 Å². The number of halogens is 1. The average molecular weight is 526 g/mol. The monoisotopic (exact) mass is 526 g/mol. The van der Waals surface area contributed by atoms with Crippen LogP contribution in [0.25, 0.3) is 0 Å². The van der Waals surface area contributed by atoms with E-state index in [2.05, 4.69) is 27.9 Å². The molecule has 0 aliphatic carbocycles. The molecule has 3 aromatic carbocycles. The van der Waals surface area contributed by atoms with Crippen LogP contribution in [-0.2, 0) is 9.53 Å². The molecule has 1 N–H and O–H groups in total. The van der Waals surface area contributed by atoms with Crippen LogP contribution >= 0.6 is 22.6 Å². The van der Waals surface area contributed by atoms with Gasteiger partial charge in [0.1, 0.15) is 0 Å². The van der Waals surface area contributed by atoms with Crippen molar-refractivity contribution in [3.63, 3.8) is 0 Å². The van der Waals surface area contributed by atoms with Crippen LogP contribution in [0.2, 0.25) is 0 Å². The molecule has 31 heavy (non-hydrogen) atoms. The van der Waals surface area contributed by atoms with E-state index in [9.17, 15) is 19.2 Å². The third kappa shape index (κ3) is 4.33. The molecule has 0 fully saturated rings. The van der Waals surface area contributed by atoms with E-state index in [4.69, 9.17) is 4.74 Å². The molecule has 0 aromatic heterocycles. The van der Waals surface area contributed by atoms with Crippen LogP contribution in [0.15, 0.2) is 72.8 Å². The minimum Gasteiger partial charge on any atom is -0.452 e. The predicted molar refractivity (Wildman–Crippen MR) is 122 cm³/mol. The highest BCUT2D eigenvalue weighted by Gasteiger charge is 2.36. The Bertz CT molecular complexity index is 1170. The Kier molecular flexibility index (Phi) is 5.81. The van der Waals surface area contributed by atoms with Crippen LogP contribution in [0.3, 0.4) is 0 Å². The van der Waals surface area contributed by atoms with E-state index in [0.29, 0.717) is 16.8 Å². The standard InChI is InChI=1S/C23H15IN2O5/c24-15-8-10-16(11-9-15)25-20(27)13-31-23(30)14-4-3-5-17(12-14)26-21(28)18-6-1-2-7-19(18)22(26)29/h1-12H,13H2,(H,25,27). The number of benzene rings is 3. The van der Waals surface area contributed by atoms with Crippen molar-refractivity contribution in [1.29, 1.82) is 0 Å². The summed E-state index contributed by atoms with van der Waals surface area (Å²) in [5, 5.41) is 2.64.